The zero-order valence-corrected chi connectivity index (χ0v) is 19.5. The summed E-state index contributed by atoms with van der Waals surface area (Å²) in [6.45, 7) is 2.95. The number of piperidine rings is 1. The van der Waals surface area contributed by atoms with Crippen LogP contribution >= 0.6 is 11.3 Å². The zero-order valence-electron chi connectivity index (χ0n) is 17.9. The van der Waals surface area contributed by atoms with Gasteiger partial charge in [0.2, 0.25) is 10.0 Å². The molecular weight excluding hydrogens is 458 g/mol. The van der Waals surface area contributed by atoms with Crippen molar-refractivity contribution >= 4 is 43.5 Å². The summed E-state index contributed by atoms with van der Waals surface area (Å²) in [7, 11) is -3.54. The smallest absolute Gasteiger partial charge is 0.326 e. The Labute approximate surface area is 189 Å². The Bertz CT molecular complexity index is 1220. The number of nitrogens with zero attached hydrogens (tertiary/aromatic N) is 3. The van der Waals surface area contributed by atoms with E-state index in [-0.39, 0.29) is 13.2 Å². The number of carbonyl (C=O) groups excluding carboxylic acids is 2. The second kappa shape index (κ2) is 9.20. The molecule has 1 fully saturated rings. The van der Waals surface area contributed by atoms with Crippen molar-refractivity contribution in [2.45, 2.75) is 38.8 Å². The number of fused-ring (bicyclic) bond motifs is 2. The van der Waals surface area contributed by atoms with E-state index in [0.717, 1.165) is 17.4 Å². The zero-order chi connectivity index (χ0) is 22.9. The Morgan fingerprint density at radius 2 is 1.94 bits per heavy atom. The molecule has 10 nitrogen and oxygen atoms in total. The first-order chi connectivity index (χ1) is 15.3. The molecule has 12 heteroatoms. The highest BCUT2D eigenvalue weighted by Gasteiger charge is 2.34. The highest BCUT2D eigenvalue weighted by atomic mass is 32.2. The Kier molecular flexibility index (Phi) is 6.54. The molecule has 2 aliphatic rings. The van der Waals surface area contributed by atoms with Crippen molar-refractivity contribution in [1.82, 2.24) is 8.87 Å². The topological polar surface area (TPSA) is 116 Å². The van der Waals surface area contributed by atoms with E-state index in [2.05, 4.69) is 4.99 Å². The maximum Gasteiger partial charge on any atom is 0.326 e. The van der Waals surface area contributed by atoms with Crippen LogP contribution < -0.4 is 14.3 Å². The number of benzene rings is 1. The van der Waals surface area contributed by atoms with Crippen LogP contribution in [-0.2, 0) is 30.9 Å². The van der Waals surface area contributed by atoms with Crippen LogP contribution in [0, 0.1) is 0 Å². The van der Waals surface area contributed by atoms with Crippen molar-refractivity contribution in [2.24, 2.45) is 4.99 Å². The van der Waals surface area contributed by atoms with E-state index >= 15 is 0 Å². The van der Waals surface area contributed by atoms with Gasteiger partial charge in [0.1, 0.15) is 25.8 Å². The van der Waals surface area contributed by atoms with E-state index in [1.807, 2.05) is 0 Å². The lowest BCUT2D eigenvalue weighted by Crippen LogP contribution is -2.47. The number of esters is 1. The average Bonchev–Trinajstić information content (AvgIpc) is 3.07. The molecule has 0 N–H and O–H groups in total. The SMILES string of the molecule is CCOC(=O)Cn1c(=NC(=O)C2CCCCN2S(C)(=O)=O)sc2cc3c(cc21)OCCO3. The summed E-state index contributed by atoms with van der Waals surface area (Å²) < 4.78 is 44.3. The molecule has 174 valence electrons. The van der Waals surface area contributed by atoms with Gasteiger partial charge in [-0.05, 0) is 19.8 Å². The molecule has 1 aromatic heterocycles. The van der Waals surface area contributed by atoms with Gasteiger partial charge in [-0.1, -0.05) is 17.8 Å². The quantitative estimate of drug-likeness (QED) is 0.588. The Morgan fingerprint density at radius 3 is 2.62 bits per heavy atom. The van der Waals surface area contributed by atoms with Gasteiger partial charge < -0.3 is 18.8 Å². The predicted octanol–water partition coefficient (Wildman–Crippen LogP) is 1.28. The molecule has 1 aromatic carbocycles. The molecule has 2 aromatic rings. The summed E-state index contributed by atoms with van der Waals surface area (Å²) in [6, 6.07) is 2.70. The third-order valence-electron chi connectivity index (χ3n) is 5.31. The van der Waals surface area contributed by atoms with Crippen LogP contribution in [0.15, 0.2) is 17.1 Å². The third kappa shape index (κ3) is 4.66. The van der Waals surface area contributed by atoms with Crippen LogP contribution in [-0.4, -0.2) is 67.8 Å². The van der Waals surface area contributed by atoms with Crippen LogP contribution in [0.4, 0.5) is 0 Å². The number of carbonyl (C=O) groups is 2. The minimum Gasteiger partial charge on any atom is -0.486 e. The van der Waals surface area contributed by atoms with Gasteiger partial charge >= 0.3 is 5.97 Å². The highest BCUT2D eigenvalue weighted by molar-refractivity contribution is 7.88. The molecule has 0 aliphatic carbocycles. The van der Waals surface area contributed by atoms with Crippen LogP contribution in [0.25, 0.3) is 10.2 Å². The third-order valence-corrected chi connectivity index (χ3v) is 7.64. The summed E-state index contributed by atoms with van der Waals surface area (Å²) in [6.07, 6.45) is 2.96. The lowest BCUT2D eigenvalue weighted by atomic mass is 10.0. The fraction of sp³-hybridized carbons (Fsp3) is 0.550. The molecule has 1 atom stereocenters. The summed E-state index contributed by atoms with van der Waals surface area (Å²) in [5, 5.41) is 0. The summed E-state index contributed by atoms with van der Waals surface area (Å²) in [5.74, 6) is 0.122. The fourth-order valence-electron chi connectivity index (χ4n) is 3.90. The Hall–Kier alpha value is -2.44. The van der Waals surface area contributed by atoms with E-state index in [4.69, 9.17) is 14.2 Å². The van der Waals surface area contributed by atoms with Crippen molar-refractivity contribution in [3.05, 3.63) is 16.9 Å². The first-order valence-electron chi connectivity index (χ1n) is 10.4. The average molecular weight is 484 g/mol. The molecule has 3 heterocycles. The van der Waals surface area contributed by atoms with Crippen LogP contribution in [0.3, 0.4) is 0 Å². The molecule has 0 bridgehead atoms. The van der Waals surface area contributed by atoms with Crippen molar-refractivity contribution in [3.8, 4) is 11.5 Å². The van der Waals surface area contributed by atoms with Crippen molar-refractivity contribution < 1.29 is 32.2 Å². The van der Waals surface area contributed by atoms with Crippen molar-refractivity contribution in [3.63, 3.8) is 0 Å². The summed E-state index contributed by atoms with van der Waals surface area (Å²) in [5.41, 5.74) is 0.655. The number of sulfonamides is 1. The predicted molar refractivity (Wildman–Crippen MR) is 117 cm³/mol. The molecule has 1 unspecified atom stereocenters. The standard InChI is InChI=1S/C20H25N3O7S2/c1-3-28-18(24)12-22-14-10-15-16(30-9-8-29-15)11-17(14)31-20(22)21-19(25)13-6-4-5-7-23(13)32(2,26)27/h10-11,13H,3-9,12H2,1-2H3. The summed E-state index contributed by atoms with van der Waals surface area (Å²) >= 11 is 1.22. The van der Waals surface area contributed by atoms with E-state index in [9.17, 15) is 18.0 Å². The molecule has 0 spiro atoms. The van der Waals surface area contributed by atoms with Gasteiger partial charge in [0.15, 0.2) is 16.3 Å². The molecule has 2 aliphatic heterocycles. The van der Waals surface area contributed by atoms with Gasteiger partial charge in [-0.3, -0.25) is 9.59 Å². The van der Waals surface area contributed by atoms with Crippen molar-refractivity contribution in [2.75, 3.05) is 32.6 Å². The van der Waals surface area contributed by atoms with E-state index in [0.29, 0.717) is 54.4 Å². The first-order valence-corrected chi connectivity index (χ1v) is 13.1. The molecule has 4 rings (SSSR count). The highest BCUT2D eigenvalue weighted by Crippen LogP contribution is 2.35. The molecular formula is C20H25N3O7S2. The molecule has 1 amide bonds. The van der Waals surface area contributed by atoms with Gasteiger partial charge in [-0.25, -0.2) is 8.42 Å². The monoisotopic (exact) mass is 483 g/mol. The minimum atomic E-state index is -3.54. The molecule has 0 saturated carbocycles. The van der Waals surface area contributed by atoms with E-state index in [1.165, 1.54) is 15.6 Å². The Balaban J connectivity index is 1.79. The van der Waals surface area contributed by atoms with Gasteiger partial charge in [0.25, 0.3) is 5.91 Å². The van der Waals surface area contributed by atoms with Gasteiger partial charge in [-0.15, -0.1) is 0 Å². The maximum atomic E-state index is 13.1. The lowest BCUT2D eigenvalue weighted by molar-refractivity contribution is -0.143. The van der Waals surface area contributed by atoms with Gasteiger partial charge in [0, 0.05) is 18.7 Å². The molecule has 0 radical (unpaired) electrons. The first kappa shape index (κ1) is 22.7. The van der Waals surface area contributed by atoms with Gasteiger partial charge in [0.05, 0.1) is 23.1 Å². The van der Waals surface area contributed by atoms with Crippen LogP contribution in [0.2, 0.25) is 0 Å². The van der Waals surface area contributed by atoms with Crippen LogP contribution in [0.5, 0.6) is 11.5 Å². The maximum absolute atomic E-state index is 13.1. The number of ether oxygens (including phenoxy) is 3. The number of hydrogen-bond donors (Lipinski definition) is 0. The lowest BCUT2D eigenvalue weighted by Gasteiger charge is -2.31. The van der Waals surface area contributed by atoms with Gasteiger partial charge in [-0.2, -0.15) is 9.30 Å². The van der Waals surface area contributed by atoms with E-state index in [1.54, 1.807) is 23.6 Å². The summed E-state index contributed by atoms with van der Waals surface area (Å²) in [4.78, 5) is 29.9. The molecule has 32 heavy (non-hydrogen) atoms. The normalized spacial score (nSPS) is 19.8. The van der Waals surface area contributed by atoms with Crippen molar-refractivity contribution in [1.29, 1.82) is 0 Å². The number of rotatable bonds is 5. The number of hydrogen-bond acceptors (Lipinski definition) is 8. The minimum absolute atomic E-state index is 0.139. The second-order valence-corrected chi connectivity index (χ2v) is 10.5. The fourth-order valence-corrected chi connectivity index (χ4v) is 6.06. The number of thiazole rings is 1. The van der Waals surface area contributed by atoms with E-state index < -0.39 is 27.9 Å². The molecule has 1 saturated heterocycles. The number of amides is 1. The van der Waals surface area contributed by atoms with Crippen LogP contribution in [0.1, 0.15) is 26.2 Å². The number of aromatic nitrogens is 1. The largest absolute Gasteiger partial charge is 0.486 e. The Morgan fingerprint density at radius 1 is 1.22 bits per heavy atom. The second-order valence-electron chi connectivity index (χ2n) is 7.57.